The van der Waals surface area contributed by atoms with Gasteiger partial charge in [-0.25, -0.2) is 0 Å². The minimum Gasteiger partial charge on any atom is -0.396 e. The molecule has 0 aliphatic carbocycles. The van der Waals surface area contributed by atoms with Gasteiger partial charge in [0.1, 0.15) is 0 Å². The van der Waals surface area contributed by atoms with Gasteiger partial charge in [0.25, 0.3) is 5.91 Å². The summed E-state index contributed by atoms with van der Waals surface area (Å²) in [5.41, 5.74) is 3.00. The number of nitrogens with one attached hydrogen (secondary N) is 1. The molecule has 0 saturated heterocycles. The van der Waals surface area contributed by atoms with Crippen LogP contribution in [0.1, 0.15) is 33.9 Å². The largest absolute Gasteiger partial charge is 0.396 e. The summed E-state index contributed by atoms with van der Waals surface area (Å²) in [4.78, 5) is 13.8. The summed E-state index contributed by atoms with van der Waals surface area (Å²) in [6.07, 6.45) is 0.691. The van der Waals surface area contributed by atoms with Crippen molar-refractivity contribution in [3.63, 3.8) is 0 Å². The van der Waals surface area contributed by atoms with Crippen LogP contribution in [0.15, 0.2) is 54.6 Å². The molecule has 2 rings (SSSR count). The molecule has 0 aliphatic rings. The van der Waals surface area contributed by atoms with Gasteiger partial charge in [-0.15, -0.1) is 0 Å². The Bertz CT molecular complexity index is 611. The van der Waals surface area contributed by atoms with Crippen molar-refractivity contribution in [1.82, 2.24) is 10.2 Å². The molecular weight excluding hydrogens is 288 g/mol. The smallest absolute Gasteiger partial charge is 0.251 e. The van der Waals surface area contributed by atoms with E-state index in [2.05, 4.69) is 29.4 Å². The molecule has 2 N–H and O–H groups in total. The number of hydrogen-bond donors (Lipinski definition) is 2. The molecule has 0 aromatic heterocycles. The van der Waals surface area contributed by atoms with E-state index in [1.807, 2.05) is 42.5 Å². The van der Waals surface area contributed by atoms with E-state index in [4.69, 9.17) is 0 Å². The maximum atomic E-state index is 11.6. The Balaban J connectivity index is 2.09. The predicted octanol–water partition coefficient (Wildman–Crippen LogP) is 2.60. The number of carbonyl (C=O) groups is 1. The van der Waals surface area contributed by atoms with Gasteiger partial charge in [-0.05, 0) is 36.7 Å². The molecule has 1 amide bonds. The van der Waals surface area contributed by atoms with Crippen molar-refractivity contribution in [3.8, 4) is 0 Å². The van der Waals surface area contributed by atoms with Crippen LogP contribution in [0.5, 0.6) is 0 Å². The lowest BCUT2D eigenvalue weighted by Gasteiger charge is -2.28. The summed E-state index contributed by atoms with van der Waals surface area (Å²) < 4.78 is 0. The van der Waals surface area contributed by atoms with Gasteiger partial charge in [-0.1, -0.05) is 42.5 Å². The Hall–Kier alpha value is -2.17. The van der Waals surface area contributed by atoms with E-state index in [1.165, 1.54) is 5.56 Å². The monoisotopic (exact) mass is 312 g/mol. The molecule has 0 unspecified atom stereocenters. The van der Waals surface area contributed by atoms with Crippen molar-refractivity contribution in [1.29, 1.82) is 0 Å². The molecule has 4 nitrogen and oxygen atoms in total. The molecule has 0 spiro atoms. The number of amides is 1. The van der Waals surface area contributed by atoms with E-state index in [-0.39, 0.29) is 18.6 Å². The first-order valence-electron chi connectivity index (χ1n) is 7.82. The van der Waals surface area contributed by atoms with Gasteiger partial charge in [0, 0.05) is 31.8 Å². The topological polar surface area (TPSA) is 52.6 Å². The highest BCUT2D eigenvalue weighted by Gasteiger charge is 2.16. The summed E-state index contributed by atoms with van der Waals surface area (Å²) in [5.74, 6) is -0.0765. The molecular formula is C19H24N2O2. The minimum atomic E-state index is -0.0765. The van der Waals surface area contributed by atoms with Crippen LogP contribution >= 0.6 is 0 Å². The summed E-state index contributed by atoms with van der Waals surface area (Å²) in [6.45, 7) is 0.910. The van der Waals surface area contributed by atoms with Crippen LogP contribution in [0.3, 0.4) is 0 Å². The second kappa shape index (κ2) is 8.46. The maximum Gasteiger partial charge on any atom is 0.251 e. The van der Waals surface area contributed by atoms with Crippen LogP contribution in [0, 0.1) is 0 Å². The number of benzene rings is 2. The van der Waals surface area contributed by atoms with E-state index in [0.29, 0.717) is 12.0 Å². The molecule has 0 heterocycles. The van der Waals surface area contributed by atoms with Crippen LogP contribution in [0.2, 0.25) is 0 Å². The van der Waals surface area contributed by atoms with Crippen LogP contribution in [-0.2, 0) is 6.54 Å². The first kappa shape index (κ1) is 17.2. The minimum absolute atomic E-state index is 0.0765. The number of nitrogens with zero attached hydrogens (tertiary/aromatic N) is 1. The first-order chi connectivity index (χ1) is 11.2. The van der Waals surface area contributed by atoms with E-state index < -0.39 is 0 Å². The fourth-order valence-corrected chi connectivity index (χ4v) is 2.74. The van der Waals surface area contributed by atoms with Gasteiger partial charge in [-0.3, -0.25) is 9.69 Å². The standard InChI is InChI=1S/C19H24N2O2/c1-20-19(23)17-10-8-15(9-11-17)14-21(2)18(12-13-22)16-6-4-3-5-7-16/h3-11,18,22H,12-14H2,1-2H3,(H,20,23)/t18-/m0/s1. The van der Waals surface area contributed by atoms with Crippen LogP contribution in [0.4, 0.5) is 0 Å². The second-order valence-corrected chi connectivity index (χ2v) is 5.63. The van der Waals surface area contributed by atoms with Gasteiger partial charge < -0.3 is 10.4 Å². The van der Waals surface area contributed by atoms with Gasteiger partial charge in [0.15, 0.2) is 0 Å². The van der Waals surface area contributed by atoms with Crippen molar-refractivity contribution >= 4 is 5.91 Å². The molecule has 1 atom stereocenters. The van der Waals surface area contributed by atoms with Crippen molar-refractivity contribution in [2.75, 3.05) is 20.7 Å². The van der Waals surface area contributed by atoms with Crippen LogP contribution in [0.25, 0.3) is 0 Å². The van der Waals surface area contributed by atoms with Gasteiger partial charge in [0.2, 0.25) is 0 Å². The lowest BCUT2D eigenvalue weighted by atomic mass is 10.0. The van der Waals surface area contributed by atoms with E-state index >= 15 is 0 Å². The number of carbonyl (C=O) groups excluding carboxylic acids is 1. The molecule has 0 fully saturated rings. The Labute approximate surface area is 137 Å². The van der Waals surface area contributed by atoms with Gasteiger partial charge >= 0.3 is 0 Å². The lowest BCUT2D eigenvalue weighted by Crippen LogP contribution is -2.25. The molecule has 23 heavy (non-hydrogen) atoms. The fraction of sp³-hybridized carbons (Fsp3) is 0.316. The lowest BCUT2D eigenvalue weighted by molar-refractivity contribution is 0.0963. The zero-order chi connectivity index (χ0) is 16.7. The van der Waals surface area contributed by atoms with E-state index in [9.17, 15) is 9.90 Å². The first-order valence-corrected chi connectivity index (χ1v) is 7.82. The number of rotatable bonds is 7. The SMILES string of the molecule is CNC(=O)c1ccc(CN(C)[C@@H](CCO)c2ccccc2)cc1. The summed E-state index contributed by atoms with van der Waals surface area (Å²) in [5, 5.41) is 12.0. The molecule has 4 heteroatoms. The van der Waals surface area contributed by atoms with E-state index in [1.54, 1.807) is 7.05 Å². The average Bonchev–Trinajstić information content (AvgIpc) is 2.60. The van der Waals surface area contributed by atoms with Gasteiger partial charge in [-0.2, -0.15) is 0 Å². The zero-order valence-electron chi connectivity index (χ0n) is 13.7. The Morgan fingerprint density at radius 1 is 1.13 bits per heavy atom. The quantitative estimate of drug-likeness (QED) is 0.826. The van der Waals surface area contributed by atoms with Crippen molar-refractivity contribution in [2.24, 2.45) is 0 Å². The molecule has 0 saturated carbocycles. The molecule has 0 radical (unpaired) electrons. The highest BCUT2D eigenvalue weighted by molar-refractivity contribution is 5.93. The summed E-state index contributed by atoms with van der Waals surface area (Å²) in [7, 11) is 3.68. The van der Waals surface area contributed by atoms with Crippen LogP contribution in [-0.4, -0.2) is 36.6 Å². The van der Waals surface area contributed by atoms with Gasteiger partial charge in [0.05, 0.1) is 0 Å². The van der Waals surface area contributed by atoms with Crippen LogP contribution < -0.4 is 5.32 Å². The number of aliphatic hydroxyl groups is 1. The third-order valence-electron chi connectivity index (χ3n) is 3.99. The molecule has 0 aliphatic heterocycles. The van der Waals surface area contributed by atoms with Crippen molar-refractivity contribution in [3.05, 3.63) is 71.3 Å². The zero-order valence-corrected chi connectivity index (χ0v) is 13.7. The van der Waals surface area contributed by atoms with E-state index in [0.717, 1.165) is 12.1 Å². The second-order valence-electron chi connectivity index (χ2n) is 5.63. The average molecular weight is 312 g/mol. The van der Waals surface area contributed by atoms with Crippen molar-refractivity contribution < 1.29 is 9.90 Å². The third kappa shape index (κ3) is 4.65. The van der Waals surface area contributed by atoms with Crippen molar-refractivity contribution in [2.45, 2.75) is 19.0 Å². The molecule has 2 aromatic rings. The molecule has 122 valence electrons. The Morgan fingerprint density at radius 3 is 2.35 bits per heavy atom. The predicted molar refractivity (Wildman–Crippen MR) is 92.2 cm³/mol. The molecule has 0 bridgehead atoms. The maximum absolute atomic E-state index is 11.6. The normalized spacial score (nSPS) is 12.2. The highest BCUT2D eigenvalue weighted by Crippen LogP contribution is 2.24. The summed E-state index contributed by atoms with van der Waals surface area (Å²) >= 11 is 0. The number of hydrogen-bond acceptors (Lipinski definition) is 3. The Kier molecular flexibility index (Phi) is 6.32. The number of aliphatic hydroxyl groups excluding tert-OH is 1. The Morgan fingerprint density at radius 2 is 1.78 bits per heavy atom. The molecule has 2 aromatic carbocycles. The fourth-order valence-electron chi connectivity index (χ4n) is 2.74. The third-order valence-corrected chi connectivity index (χ3v) is 3.99. The highest BCUT2D eigenvalue weighted by atomic mass is 16.3. The summed E-state index contributed by atoms with van der Waals surface area (Å²) in [6, 6.07) is 18.0.